The zero-order valence-corrected chi connectivity index (χ0v) is 7.68. The predicted octanol–water partition coefficient (Wildman–Crippen LogP) is 1.59. The summed E-state index contributed by atoms with van der Waals surface area (Å²) >= 11 is 0. The summed E-state index contributed by atoms with van der Waals surface area (Å²) in [6.45, 7) is 8.15. The minimum atomic E-state index is 0. The number of rotatable bonds is 3. The summed E-state index contributed by atoms with van der Waals surface area (Å²) in [7, 11) is 1.79. The Morgan fingerprint density at radius 1 is 1.55 bits per heavy atom. The van der Waals surface area contributed by atoms with Crippen molar-refractivity contribution in [2.45, 2.75) is 20.3 Å². The summed E-state index contributed by atoms with van der Waals surface area (Å²) in [6, 6.07) is 0. The van der Waals surface area contributed by atoms with E-state index in [1.54, 1.807) is 18.9 Å². The maximum atomic E-state index is 11.1. The lowest BCUT2D eigenvalue weighted by Gasteiger charge is -2.15. The van der Waals surface area contributed by atoms with E-state index in [-0.39, 0.29) is 12.1 Å². The summed E-state index contributed by atoms with van der Waals surface area (Å²) in [5, 5.41) is 0. The van der Waals surface area contributed by atoms with Crippen molar-refractivity contribution in [2.75, 3.05) is 13.6 Å². The zero-order chi connectivity index (χ0) is 8.15. The molecule has 0 aromatic rings. The predicted molar refractivity (Wildman–Crippen MR) is 47.8 cm³/mol. The SMILES string of the molecule is C=C(C)C(=O)N(C)CCC.N. The van der Waals surface area contributed by atoms with Crippen LogP contribution in [0.5, 0.6) is 0 Å². The molecule has 66 valence electrons. The molecule has 11 heavy (non-hydrogen) atoms. The van der Waals surface area contributed by atoms with Crippen molar-refractivity contribution in [1.29, 1.82) is 0 Å². The van der Waals surface area contributed by atoms with E-state index in [0.717, 1.165) is 13.0 Å². The highest BCUT2D eigenvalue weighted by molar-refractivity contribution is 5.91. The van der Waals surface area contributed by atoms with E-state index in [4.69, 9.17) is 0 Å². The highest BCUT2D eigenvalue weighted by atomic mass is 16.2. The van der Waals surface area contributed by atoms with Gasteiger partial charge in [0.25, 0.3) is 0 Å². The molecule has 0 bridgehead atoms. The maximum Gasteiger partial charge on any atom is 0.248 e. The maximum absolute atomic E-state index is 11.1. The van der Waals surface area contributed by atoms with Crippen LogP contribution in [0.1, 0.15) is 20.3 Å². The van der Waals surface area contributed by atoms with Gasteiger partial charge >= 0.3 is 0 Å². The van der Waals surface area contributed by atoms with E-state index in [0.29, 0.717) is 5.57 Å². The fraction of sp³-hybridized carbons (Fsp3) is 0.625. The topological polar surface area (TPSA) is 55.3 Å². The van der Waals surface area contributed by atoms with E-state index in [9.17, 15) is 4.79 Å². The number of carbonyl (C=O) groups is 1. The molecule has 0 atom stereocenters. The normalized spacial score (nSPS) is 8.27. The molecule has 3 heteroatoms. The van der Waals surface area contributed by atoms with Crippen molar-refractivity contribution in [3.05, 3.63) is 12.2 Å². The number of carbonyl (C=O) groups excluding carboxylic acids is 1. The van der Waals surface area contributed by atoms with E-state index < -0.39 is 0 Å². The summed E-state index contributed by atoms with van der Waals surface area (Å²) in [5.74, 6) is 0.0434. The number of hydrogen-bond donors (Lipinski definition) is 1. The van der Waals surface area contributed by atoms with Gasteiger partial charge in [0.15, 0.2) is 0 Å². The van der Waals surface area contributed by atoms with Gasteiger partial charge in [-0.1, -0.05) is 13.5 Å². The molecule has 0 aliphatic rings. The van der Waals surface area contributed by atoms with Gasteiger partial charge in [-0.3, -0.25) is 4.79 Å². The molecule has 0 aliphatic heterocycles. The third kappa shape index (κ3) is 4.56. The molecule has 0 saturated carbocycles. The monoisotopic (exact) mass is 158 g/mol. The third-order valence-electron chi connectivity index (χ3n) is 1.27. The summed E-state index contributed by atoms with van der Waals surface area (Å²) in [5.41, 5.74) is 0.607. The second-order valence-corrected chi connectivity index (χ2v) is 2.51. The molecule has 0 spiro atoms. The molecular formula is C8H18N2O. The Morgan fingerprint density at radius 2 is 2.00 bits per heavy atom. The minimum absolute atomic E-state index is 0. The van der Waals surface area contributed by atoms with Crippen LogP contribution >= 0.6 is 0 Å². The molecule has 0 radical (unpaired) electrons. The highest BCUT2D eigenvalue weighted by Crippen LogP contribution is 1.95. The molecule has 0 fully saturated rings. The fourth-order valence-electron chi connectivity index (χ4n) is 0.763. The molecular weight excluding hydrogens is 140 g/mol. The van der Waals surface area contributed by atoms with Gasteiger partial charge in [-0.15, -0.1) is 0 Å². The molecule has 0 saturated heterocycles. The smallest absolute Gasteiger partial charge is 0.248 e. The first-order valence-corrected chi connectivity index (χ1v) is 3.50. The van der Waals surface area contributed by atoms with Crippen molar-refractivity contribution in [1.82, 2.24) is 11.1 Å². The first-order chi connectivity index (χ1) is 4.59. The van der Waals surface area contributed by atoms with Crippen molar-refractivity contribution >= 4 is 5.91 Å². The fourth-order valence-corrected chi connectivity index (χ4v) is 0.763. The van der Waals surface area contributed by atoms with Crippen molar-refractivity contribution in [2.24, 2.45) is 0 Å². The van der Waals surface area contributed by atoms with Crippen molar-refractivity contribution in [3.8, 4) is 0 Å². The molecule has 1 amide bonds. The van der Waals surface area contributed by atoms with Gasteiger partial charge in [-0.05, 0) is 13.3 Å². The Hall–Kier alpha value is -0.830. The van der Waals surface area contributed by atoms with Gasteiger partial charge in [-0.2, -0.15) is 0 Å². The van der Waals surface area contributed by atoms with Crippen LogP contribution in [0.25, 0.3) is 0 Å². The standard InChI is InChI=1S/C8H15NO.H3N/c1-5-6-9(4)8(10)7(2)3;/h2,5-6H2,1,3-4H3;1H3. The first-order valence-electron chi connectivity index (χ1n) is 3.50. The molecule has 0 aliphatic carbocycles. The average molecular weight is 158 g/mol. The Labute approximate surface area is 68.7 Å². The van der Waals surface area contributed by atoms with Crippen molar-refractivity contribution in [3.63, 3.8) is 0 Å². The number of amides is 1. The quantitative estimate of drug-likeness (QED) is 0.634. The molecule has 0 heterocycles. The third-order valence-corrected chi connectivity index (χ3v) is 1.27. The van der Waals surface area contributed by atoms with Gasteiger partial charge in [0.1, 0.15) is 0 Å². The van der Waals surface area contributed by atoms with Crippen molar-refractivity contribution < 1.29 is 4.79 Å². The molecule has 3 N–H and O–H groups in total. The summed E-state index contributed by atoms with van der Waals surface area (Å²) < 4.78 is 0. The van der Waals surface area contributed by atoms with Crippen LogP contribution in [-0.4, -0.2) is 24.4 Å². The second kappa shape index (κ2) is 5.92. The van der Waals surface area contributed by atoms with Gasteiger partial charge < -0.3 is 11.1 Å². The minimum Gasteiger partial charge on any atom is -0.344 e. The first kappa shape index (κ1) is 12.8. The molecule has 0 rings (SSSR count). The Morgan fingerprint density at radius 3 is 2.27 bits per heavy atom. The van der Waals surface area contributed by atoms with Gasteiger partial charge in [-0.25, -0.2) is 0 Å². The zero-order valence-electron chi connectivity index (χ0n) is 7.68. The number of nitrogens with zero attached hydrogens (tertiary/aromatic N) is 1. The average Bonchev–Trinajstić information content (AvgIpc) is 1.87. The van der Waals surface area contributed by atoms with Gasteiger partial charge in [0, 0.05) is 19.2 Å². The van der Waals surface area contributed by atoms with Crippen LogP contribution in [0.2, 0.25) is 0 Å². The molecule has 0 unspecified atom stereocenters. The summed E-state index contributed by atoms with van der Waals surface area (Å²) in [6.07, 6.45) is 0.996. The summed E-state index contributed by atoms with van der Waals surface area (Å²) in [4.78, 5) is 12.7. The van der Waals surface area contributed by atoms with Gasteiger partial charge in [0.2, 0.25) is 5.91 Å². The number of likely N-dealkylation sites (N-methyl/N-ethyl adjacent to an activating group) is 1. The second-order valence-electron chi connectivity index (χ2n) is 2.51. The lowest BCUT2D eigenvalue weighted by molar-refractivity contribution is -0.125. The van der Waals surface area contributed by atoms with E-state index in [1.807, 2.05) is 6.92 Å². The van der Waals surface area contributed by atoms with Crippen LogP contribution in [0, 0.1) is 0 Å². The van der Waals surface area contributed by atoms with Crippen LogP contribution in [0.3, 0.4) is 0 Å². The highest BCUT2D eigenvalue weighted by Gasteiger charge is 2.06. The molecule has 3 nitrogen and oxygen atoms in total. The van der Waals surface area contributed by atoms with E-state index >= 15 is 0 Å². The Kier molecular flexibility index (Phi) is 6.89. The van der Waals surface area contributed by atoms with E-state index in [1.165, 1.54) is 0 Å². The van der Waals surface area contributed by atoms with Crippen LogP contribution < -0.4 is 6.15 Å². The Bertz CT molecular complexity index is 143. The van der Waals surface area contributed by atoms with Gasteiger partial charge in [0.05, 0.1) is 0 Å². The van der Waals surface area contributed by atoms with E-state index in [2.05, 4.69) is 6.58 Å². The number of hydrogen-bond acceptors (Lipinski definition) is 2. The van der Waals surface area contributed by atoms with Crippen LogP contribution in [0.15, 0.2) is 12.2 Å². The lowest BCUT2D eigenvalue weighted by Crippen LogP contribution is -2.27. The van der Waals surface area contributed by atoms with Crippen LogP contribution in [0.4, 0.5) is 0 Å². The largest absolute Gasteiger partial charge is 0.344 e. The molecule has 0 aromatic heterocycles. The molecule has 0 aromatic carbocycles. The lowest BCUT2D eigenvalue weighted by atomic mass is 10.3. The Balaban J connectivity index is 0. The van der Waals surface area contributed by atoms with Crippen LogP contribution in [-0.2, 0) is 4.79 Å².